The van der Waals surface area contributed by atoms with E-state index in [0.29, 0.717) is 12.3 Å². The van der Waals surface area contributed by atoms with Gasteiger partial charge >= 0.3 is 0 Å². The number of nitrogens with zero attached hydrogens (tertiary/aromatic N) is 1. The van der Waals surface area contributed by atoms with Crippen LogP contribution in [0.15, 0.2) is 11.4 Å². The third-order valence-corrected chi connectivity index (χ3v) is 3.79. The Bertz CT molecular complexity index is 331. The molecule has 0 bridgehead atoms. The maximum absolute atomic E-state index is 11.6. The second kappa shape index (κ2) is 3.14. The highest BCUT2D eigenvalue weighted by atomic mass is 32.1. The molecule has 0 aromatic carbocycles. The number of thiophene rings is 1. The SMILES string of the molecule is CC1CCC(=O)N(C)c2ccsc21. The Hall–Kier alpha value is -0.830. The lowest BCUT2D eigenvalue weighted by atomic mass is 10.0. The third kappa shape index (κ3) is 1.37. The maximum Gasteiger partial charge on any atom is 0.226 e. The number of hydrogen-bond donors (Lipinski definition) is 0. The van der Waals surface area contributed by atoms with Crippen molar-refractivity contribution in [1.82, 2.24) is 0 Å². The van der Waals surface area contributed by atoms with E-state index in [-0.39, 0.29) is 5.91 Å². The summed E-state index contributed by atoms with van der Waals surface area (Å²) in [7, 11) is 1.87. The number of fused-ring (bicyclic) bond motifs is 1. The van der Waals surface area contributed by atoms with Gasteiger partial charge in [-0.3, -0.25) is 4.79 Å². The van der Waals surface area contributed by atoms with Crippen molar-refractivity contribution < 1.29 is 4.79 Å². The van der Waals surface area contributed by atoms with Gasteiger partial charge in [0.05, 0.1) is 5.69 Å². The van der Waals surface area contributed by atoms with Gasteiger partial charge < -0.3 is 4.90 Å². The molecule has 1 aromatic rings. The van der Waals surface area contributed by atoms with Crippen molar-refractivity contribution >= 4 is 22.9 Å². The number of hydrogen-bond acceptors (Lipinski definition) is 2. The zero-order valence-corrected chi connectivity index (χ0v) is 8.73. The standard InChI is InChI=1S/C10H13NOS/c1-7-3-4-9(12)11(2)8-5-6-13-10(7)8/h5-7H,3-4H2,1-2H3. The average molecular weight is 195 g/mol. The highest BCUT2D eigenvalue weighted by molar-refractivity contribution is 7.10. The third-order valence-electron chi connectivity index (χ3n) is 2.65. The van der Waals surface area contributed by atoms with E-state index in [1.54, 1.807) is 16.2 Å². The molecule has 0 N–H and O–H groups in total. The first-order valence-electron chi connectivity index (χ1n) is 4.54. The van der Waals surface area contributed by atoms with Crippen LogP contribution in [0, 0.1) is 0 Å². The number of carbonyl (C=O) groups is 1. The summed E-state index contributed by atoms with van der Waals surface area (Å²) in [5, 5.41) is 2.07. The minimum atomic E-state index is 0.240. The lowest BCUT2D eigenvalue weighted by Gasteiger charge is -2.14. The highest BCUT2D eigenvalue weighted by Gasteiger charge is 2.23. The molecule has 70 valence electrons. The molecule has 13 heavy (non-hydrogen) atoms. The maximum atomic E-state index is 11.6. The minimum absolute atomic E-state index is 0.240. The molecule has 1 amide bonds. The van der Waals surface area contributed by atoms with Crippen LogP contribution < -0.4 is 4.90 Å². The molecule has 0 saturated heterocycles. The van der Waals surface area contributed by atoms with Crippen molar-refractivity contribution in [3.8, 4) is 0 Å². The average Bonchev–Trinajstić information content (AvgIpc) is 2.57. The summed E-state index contributed by atoms with van der Waals surface area (Å²) in [5.74, 6) is 0.771. The number of anilines is 1. The van der Waals surface area contributed by atoms with Gasteiger partial charge in [0.25, 0.3) is 0 Å². The van der Waals surface area contributed by atoms with E-state index in [1.165, 1.54) is 4.88 Å². The molecule has 0 spiro atoms. The zero-order valence-electron chi connectivity index (χ0n) is 7.91. The van der Waals surface area contributed by atoms with Crippen LogP contribution in [-0.2, 0) is 4.79 Å². The molecule has 1 aromatic heterocycles. The summed E-state index contributed by atoms with van der Waals surface area (Å²) in [6.07, 6.45) is 1.66. The molecule has 0 radical (unpaired) electrons. The van der Waals surface area contributed by atoms with E-state index < -0.39 is 0 Å². The Kier molecular flexibility index (Phi) is 2.12. The quantitative estimate of drug-likeness (QED) is 0.623. The predicted molar refractivity (Wildman–Crippen MR) is 55.4 cm³/mol. The molecule has 0 saturated carbocycles. The monoisotopic (exact) mass is 195 g/mol. The lowest BCUT2D eigenvalue weighted by molar-refractivity contribution is -0.118. The van der Waals surface area contributed by atoms with Crippen molar-refractivity contribution in [2.75, 3.05) is 11.9 Å². The van der Waals surface area contributed by atoms with Crippen LogP contribution in [-0.4, -0.2) is 13.0 Å². The summed E-state index contributed by atoms with van der Waals surface area (Å²) in [5.41, 5.74) is 1.11. The second-order valence-corrected chi connectivity index (χ2v) is 4.51. The smallest absolute Gasteiger partial charge is 0.226 e. The van der Waals surface area contributed by atoms with E-state index in [1.807, 2.05) is 13.1 Å². The Morgan fingerprint density at radius 2 is 2.38 bits per heavy atom. The molecule has 1 aliphatic rings. The van der Waals surface area contributed by atoms with Gasteiger partial charge in [0.1, 0.15) is 0 Å². The van der Waals surface area contributed by atoms with E-state index in [9.17, 15) is 4.79 Å². The normalized spacial score (nSPS) is 22.8. The molecule has 0 aliphatic carbocycles. The van der Waals surface area contributed by atoms with Gasteiger partial charge in [-0.15, -0.1) is 11.3 Å². The van der Waals surface area contributed by atoms with E-state index in [4.69, 9.17) is 0 Å². The fraction of sp³-hybridized carbons (Fsp3) is 0.500. The molecule has 1 aliphatic heterocycles. The predicted octanol–water partition coefficient (Wildman–Crippen LogP) is 2.61. The minimum Gasteiger partial charge on any atom is -0.314 e. The Labute approximate surface area is 82.2 Å². The van der Waals surface area contributed by atoms with Crippen LogP contribution >= 0.6 is 11.3 Å². The van der Waals surface area contributed by atoms with Gasteiger partial charge in [-0.1, -0.05) is 6.92 Å². The Morgan fingerprint density at radius 3 is 3.15 bits per heavy atom. The Balaban J connectivity index is 2.46. The molecule has 2 nitrogen and oxygen atoms in total. The fourth-order valence-electron chi connectivity index (χ4n) is 1.73. The van der Waals surface area contributed by atoms with Gasteiger partial charge in [0.15, 0.2) is 0 Å². The largest absolute Gasteiger partial charge is 0.314 e. The molecule has 1 unspecified atom stereocenters. The van der Waals surface area contributed by atoms with Gasteiger partial charge in [-0.25, -0.2) is 0 Å². The van der Waals surface area contributed by atoms with Crippen molar-refractivity contribution in [3.63, 3.8) is 0 Å². The first-order valence-corrected chi connectivity index (χ1v) is 5.42. The van der Waals surface area contributed by atoms with E-state index in [0.717, 1.165) is 12.1 Å². The van der Waals surface area contributed by atoms with Crippen LogP contribution in [0.25, 0.3) is 0 Å². The summed E-state index contributed by atoms with van der Waals surface area (Å²) >= 11 is 1.76. The van der Waals surface area contributed by atoms with Crippen LogP contribution in [0.5, 0.6) is 0 Å². The molecule has 3 heteroatoms. The number of amides is 1. The van der Waals surface area contributed by atoms with E-state index in [2.05, 4.69) is 12.3 Å². The van der Waals surface area contributed by atoms with Gasteiger partial charge in [-0.05, 0) is 23.8 Å². The van der Waals surface area contributed by atoms with Crippen LogP contribution in [0.3, 0.4) is 0 Å². The van der Waals surface area contributed by atoms with Gasteiger partial charge in [0.2, 0.25) is 5.91 Å². The first kappa shape index (κ1) is 8.75. The van der Waals surface area contributed by atoms with E-state index >= 15 is 0 Å². The molecular weight excluding hydrogens is 182 g/mol. The van der Waals surface area contributed by atoms with Crippen molar-refractivity contribution in [3.05, 3.63) is 16.3 Å². The van der Waals surface area contributed by atoms with Crippen LogP contribution in [0.1, 0.15) is 30.6 Å². The summed E-state index contributed by atoms with van der Waals surface area (Å²) in [6.45, 7) is 2.20. The van der Waals surface area contributed by atoms with Crippen LogP contribution in [0.2, 0.25) is 0 Å². The summed E-state index contributed by atoms with van der Waals surface area (Å²) in [6, 6.07) is 2.04. The second-order valence-electron chi connectivity index (χ2n) is 3.56. The molecule has 1 atom stereocenters. The molecular formula is C10H13NOS. The van der Waals surface area contributed by atoms with Crippen molar-refractivity contribution in [2.45, 2.75) is 25.7 Å². The molecule has 2 heterocycles. The van der Waals surface area contributed by atoms with Crippen molar-refractivity contribution in [1.29, 1.82) is 0 Å². The summed E-state index contributed by atoms with van der Waals surface area (Å²) < 4.78 is 0. The first-order chi connectivity index (χ1) is 6.20. The molecule has 0 fully saturated rings. The fourth-order valence-corrected chi connectivity index (χ4v) is 2.75. The van der Waals surface area contributed by atoms with Gasteiger partial charge in [0, 0.05) is 18.3 Å². The van der Waals surface area contributed by atoms with Crippen molar-refractivity contribution in [2.24, 2.45) is 0 Å². The van der Waals surface area contributed by atoms with Gasteiger partial charge in [-0.2, -0.15) is 0 Å². The number of rotatable bonds is 0. The molecule has 2 rings (SSSR count). The topological polar surface area (TPSA) is 20.3 Å². The zero-order chi connectivity index (χ0) is 9.42. The van der Waals surface area contributed by atoms with Crippen LogP contribution in [0.4, 0.5) is 5.69 Å². The highest BCUT2D eigenvalue weighted by Crippen LogP contribution is 2.37. The lowest BCUT2D eigenvalue weighted by Crippen LogP contribution is -2.24. The number of carbonyl (C=O) groups excluding carboxylic acids is 1. The Morgan fingerprint density at radius 1 is 1.62 bits per heavy atom. The summed E-state index contributed by atoms with van der Waals surface area (Å²) in [4.78, 5) is 14.7.